The molecule has 0 radical (unpaired) electrons. The van der Waals surface area contributed by atoms with E-state index in [9.17, 15) is 18.6 Å². The zero-order valence-electron chi connectivity index (χ0n) is 9.59. The van der Waals surface area contributed by atoms with Gasteiger partial charge in [-0.2, -0.15) is 0 Å². The third kappa shape index (κ3) is 4.37. The fourth-order valence-electron chi connectivity index (χ4n) is 1.93. The molecule has 0 aromatic rings. The molecule has 0 aliphatic heterocycles. The highest BCUT2D eigenvalue weighted by Gasteiger charge is 2.32. The normalized spacial score (nSPS) is 30.8. The van der Waals surface area contributed by atoms with Gasteiger partial charge in [-0.1, -0.05) is 13.3 Å². The molecule has 0 bridgehead atoms. The van der Waals surface area contributed by atoms with Gasteiger partial charge < -0.3 is 10.2 Å². The largest absolute Gasteiger partial charge is 0.393 e. The van der Waals surface area contributed by atoms with Crippen molar-refractivity contribution in [3.05, 3.63) is 0 Å². The van der Waals surface area contributed by atoms with E-state index in [-0.39, 0.29) is 18.2 Å². The highest BCUT2D eigenvalue weighted by atomic mass is 32.2. The van der Waals surface area contributed by atoms with Crippen LogP contribution in [0.15, 0.2) is 0 Å². The number of sulfonamides is 1. The van der Waals surface area contributed by atoms with Crippen molar-refractivity contribution in [1.82, 2.24) is 4.72 Å². The SMILES string of the molecule is CCCCS(=O)(=O)NCC1CC(O)CC1O. The summed E-state index contributed by atoms with van der Waals surface area (Å²) in [5, 5.41) is 18.8. The monoisotopic (exact) mass is 251 g/mol. The van der Waals surface area contributed by atoms with E-state index in [0.29, 0.717) is 19.3 Å². The Balaban J connectivity index is 2.34. The Morgan fingerprint density at radius 3 is 2.50 bits per heavy atom. The molecule has 1 aliphatic carbocycles. The zero-order chi connectivity index (χ0) is 12.2. The van der Waals surface area contributed by atoms with Crippen LogP contribution in [0.2, 0.25) is 0 Å². The molecule has 1 saturated carbocycles. The molecule has 1 rings (SSSR count). The first-order valence-corrected chi connectivity index (χ1v) is 7.43. The number of hydrogen-bond donors (Lipinski definition) is 3. The van der Waals surface area contributed by atoms with Crippen molar-refractivity contribution in [2.75, 3.05) is 12.3 Å². The van der Waals surface area contributed by atoms with Gasteiger partial charge in [-0.25, -0.2) is 13.1 Å². The van der Waals surface area contributed by atoms with Crippen LogP contribution < -0.4 is 4.72 Å². The lowest BCUT2D eigenvalue weighted by atomic mass is 10.1. The second-order valence-electron chi connectivity index (χ2n) is 4.47. The van der Waals surface area contributed by atoms with Crippen molar-refractivity contribution < 1.29 is 18.6 Å². The maximum absolute atomic E-state index is 11.5. The topological polar surface area (TPSA) is 86.6 Å². The van der Waals surface area contributed by atoms with Crippen LogP contribution >= 0.6 is 0 Å². The molecule has 0 heterocycles. The lowest BCUT2D eigenvalue weighted by Gasteiger charge is -2.14. The van der Waals surface area contributed by atoms with Gasteiger partial charge in [0.2, 0.25) is 10.0 Å². The van der Waals surface area contributed by atoms with Crippen LogP contribution in [-0.4, -0.2) is 43.1 Å². The summed E-state index contributed by atoms with van der Waals surface area (Å²) in [6, 6.07) is 0. The fraction of sp³-hybridized carbons (Fsp3) is 1.00. The average molecular weight is 251 g/mol. The maximum Gasteiger partial charge on any atom is 0.211 e. The van der Waals surface area contributed by atoms with E-state index in [1.165, 1.54) is 0 Å². The van der Waals surface area contributed by atoms with Crippen LogP contribution in [0.25, 0.3) is 0 Å². The zero-order valence-corrected chi connectivity index (χ0v) is 10.4. The van der Waals surface area contributed by atoms with Crippen LogP contribution in [0.3, 0.4) is 0 Å². The third-order valence-corrected chi connectivity index (χ3v) is 4.40. The summed E-state index contributed by atoms with van der Waals surface area (Å²) in [6.45, 7) is 2.16. The lowest BCUT2D eigenvalue weighted by molar-refractivity contribution is 0.121. The molecule has 0 spiro atoms. The van der Waals surface area contributed by atoms with Crippen molar-refractivity contribution in [1.29, 1.82) is 0 Å². The molecule has 16 heavy (non-hydrogen) atoms. The number of unbranched alkanes of at least 4 members (excludes halogenated alkanes) is 1. The van der Waals surface area contributed by atoms with Crippen molar-refractivity contribution in [3.8, 4) is 0 Å². The van der Waals surface area contributed by atoms with E-state index >= 15 is 0 Å². The smallest absolute Gasteiger partial charge is 0.211 e. The minimum atomic E-state index is -3.21. The minimum absolute atomic E-state index is 0.134. The van der Waals surface area contributed by atoms with Crippen molar-refractivity contribution in [2.45, 2.75) is 44.8 Å². The predicted octanol–water partition coefficient (Wildman–Crippen LogP) is -0.162. The van der Waals surface area contributed by atoms with E-state index in [4.69, 9.17) is 0 Å². The summed E-state index contributed by atoms with van der Waals surface area (Å²) in [6.07, 6.45) is 1.21. The van der Waals surface area contributed by atoms with Gasteiger partial charge in [-0.3, -0.25) is 0 Å². The van der Waals surface area contributed by atoms with E-state index in [2.05, 4.69) is 4.72 Å². The summed E-state index contributed by atoms with van der Waals surface area (Å²) >= 11 is 0. The van der Waals surface area contributed by atoms with Gasteiger partial charge in [-0.05, 0) is 19.3 Å². The molecular formula is C10H21NO4S. The standard InChI is InChI=1S/C10H21NO4S/c1-2-3-4-16(14,15)11-7-8-5-9(12)6-10(8)13/h8-13H,2-7H2,1H3. The van der Waals surface area contributed by atoms with Crippen LogP contribution in [0.5, 0.6) is 0 Å². The number of nitrogens with one attached hydrogen (secondary N) is 1. The molecule has 96 valence electrons. The first-order valence-electron chi connectivity index (χ1n) is 5.78. The van der Waals surface area contributed by atoms with Crippen LogP contribution in [0.4, 0.5) is 0 Å². The molecule has 6 heteroatoms. The fourth-order valence-corrected chi connectivity index (χ4v) is 3.21. The van der Waals surface area contributed by atoms with Crippen molar-refractivity contribution >= 4 is 10.0 Å². The lowest BCUT2D eigenvalue weighted by Crippen LogP contribution is -2.33. The van der Waals surface area contributed by atoms with Gasteiger partial charge in [0.05, 0.1) is 18.0 Å². The van der Waals surface area contributed by atoms with E-state index < -0.39 is 22.2 Å². The van der Waals surface area contributed by atoms with Crippen molar-refractivity contribution in [3.63, 3.8) is 0 Å². The van der Waals surface area contributed by atoms with Gasteiger partial charge >= 0.3 is 0 Å². The number of aliphatic hydroxyl groups is 2. The Labute approximate surface area is 96.9 Å². The number of rotatable bonds is 6. The second-order valence-corrected chi connectivity index (χ2v) is 6.40. The van der Waals surface area contributed by atoms with Gasteiger partial charge in [0, 0.05) is 12.5 Å². The van der Waals surface area contributed by atoms with Crippen LogP contribution in [0, 0.1) is 5.92 Å². The molecule has 3 N–H and O–H groups in total. The van der Waals surface area contributed by atoms with E-state index in [1.54, 1.807) is 0 Å². The first kappa shape index (κ1) is 13.9. The molecule has 3 unspecified atom stereocenters. The summed E-state index contributed by atoms with van der Waals surface area (Å²) in [4.78, 5) is 0. The van der Waals surface area contributed by atoms with Gasteiger partial charge in [-0.15, -0.1) is 0 Å². The predicted molar refractivity (Wildman–Crippen MR) is 61.4 cm³/mol. The molecule has 0 aromatic heterocycles. The Kier molecular flexibility index (Phi) is 5.17. The summed E-state index contributed by atoms with van der Waals surface area (Å²) in [5.74, 6) is -0.0269. The Hall–Kier alpha value is -0.170. The third-order valence-electron chi connectivity index (χ3n) is 2.96. The summed E-state index contributed by atoms with van der Waals surface area (Å²) in [5.41, 5.74) is 0. The van der Waals surface area contributed by atoms with Gasteiger partial charge in [0.15, 0.2) is 0 Å². The molecule has 1 aliphatic rings. The Bertz CT molecular complexity index is 304. The summed E-state index contributed by atoms with van der Waals surface area (Å²) < 4.78 is 25.4. The first-order chi connectivity index (χ1) is 7.44. The average Bonchev–Trinajstić information content (AvgIpc) is 2.52. The number of aliphatic hydroxyl groups excluding tert-OH is 2. The highest BCUT2D eigenvalue weighted by molar-refractivity contribution is 7.89. The molecule has 5 nitrogen and oxygen atoms in total. The van der Waals surface area contributed by atoms with Crippen molar-refractivity contribution in [2.24, 2.45) is 5.92 Å². The van der Waals surface area contributed by atoms with Crippen LogP contribution in [0.1, 0.15) is 32.6 Å². The Morgan fingerprint density at radius 1 is 1.31 bits per heavy atom. The number of hydrogen-bond acceptors (Lipinski definition) is 4. The molecule has 0 amide bonds. The molecule has 0 saturated heterocycles. The van der Waals surface area contributed by atoms with Crippen LogP contribution in [-0.2, 0) is 10.0 Å². The molecule has 0 aromatic carbocycles. The Morgan fingerprint density at radius 2 is 2.00 bits per heavy atom. The minimum Gasteiger partial charge on any atom is -0.393 e. The van der Waals surface area contributed by atoms with E-state index in [0.717, 1.165) is 6.42 Å². The second kappa shape index (κ2) is 5.95. The van der Waals surface area contributed by atoms with Gasteiger partial charge in [0.25, 0.3) is 0 Å². The molecule has 1 fully saturated rings. The highest BCUT2D eigenvalue weighted by Crippen LogP contribution is 2.25. The molecular weight excluding hydrogens is 230 g/mol. The molecule has 3 atom stereocenters. The summed E-state index contributed by atoms with van der Waals surface area (Å²) in [7, 11) is -3.21. The van der Waals surface area contributed by atoms with Gasteiger partial charge in [0.1, 0.15) is 0 Å². The quantitative estimate of drug-likeness (QED) is 0.612. The van der Waals surface area contributed by atoms with E-state index in [1.807, 2.05) is 6.92 Å². The maximum atomic E-state index is 11.5.